The molecule has 4 heteroatoms. The third-order valence-corrected chi connectivity index (χ3v) is 2.57. The van der Waals surface area contributed by atoms with Gasteiger partial charge in [0.05, 0.1) is 0 Å². The Labute approximate surface area is 97.0 Å². The van der Waals surface area contributed by atoms with Crippen LogP contribution in [-0.2, 0) is 11.3 Å². The highest BCUT2D eigenvalue weighted by Crippen LogP contribution is 2.12. The lowest BCUT2D eigenvalue weighted by atomic mass is 10.2. The average molecular weight is 277 g/mol. The molecule has 0 fully saturated rings. The lowest BCUT2D eigenvalue weighted by molar-refractivity contribution is -0.127. The van der Waals surface area contributed by atoms with E-state index in [2.05, 4.69) is 15.9 Å². The van der Waals surface area contributed by atoms with E-state index in [1.54, 1.807) is 11.9 Å². The molecule has 76 valence electrons. The Balaban J connectivity index is 2.64. The van der Waals surface area contributed by atoms with Gasteiger partial charge in [-0.25, -0.2) is 0 Å². The second-order valence-electron chi connectivity index (χ2n) is 3.01. The van der Waals surface area contributed by atoms with Crippen LogP contribution in [0.3, 0.4) is 0 Å². The summed E-state index contributed by atoms with van der Waals surface area (Å²) in [7, 11) is 1.74. The van der Waals surface area contributed by atoms with E-state index in [4.69, 9.17) is 11.6 Å². The fourth-order valence-electron chi connectivity index (χ4n) is 1.10. The van der Waals surface area contributed by atoms with Crippen LogP contribution in [0, 0.1) is 0 Å². The minimum absolute atomic E-state index is 0.0322. The third kappa shape index (κ3) is 3.31. The average Bonchev–Trinajstić information content (AvgIpc) is 2.16. The van der Waals surface area contributed by atoms with Crippen LogP contribution in [0.1, 0.15) is 5.56 Å². The molecular weight excluding hydrogens is 265 g/mol. The van der Waals surface area contributed by atoms with Crippen LogP contribution in [0.4, 0.5) is 0 Å². The zero-order chi connectivity index (χ0) is 10.6. The predicted molar refractivity (Wildman–Crippen MR) is 61.3 cm³/mol. The zero-order valence-electron chi connectivity index (χ0n) is 7.84. The maximum atomic E-state index is 11.2. The number of nitrogens with zero attached hydrogens (tertiary/aromatic N) is 1. The van der Waals surface area contributed by atoms with Gasteiger partial charge >= 0.3 is 0 Å². The first-order valence-electron chi connectivity index (χ1n) is 4.18. The highest BCUT2D eigenvalue weighted by atomic mass is 79.9. The quantitative estimate of drug-likeness (QED) is 0.777. The molecule has 0 unspecified atom stereocenters. The topological polar surface area (TPSA) is 20.3 Å². The number of hydrogen-bond acceptors (Lipinski definition) is 1. The molecular formula is C10H11BrClNO. The molecule has 0 aliphatic carbocycles. The maximum absolute atomic E-state index is 11.2. The standard InChI is InChI=1S/C10H11BrClNO/c1-13(10(14)6-12)7-8-3-2-4-9(11)5-8/h2-5H,6-7H2,1H3. The summed E-state index contributed by atoms with van der Waals surface area (Å²) in [5.74, 6) is -0.0310. The molecule has 1 aromatic rings. The number of halogens is 2. The first kappa shape index (κ1) is 11.5. The predicted octanol–water partition coefficient (Wildman–Crippen LogP) is 2.65. The molecule has 0 radical (unpaired) electrons. The van der Waals surface area contributed by atoms with Crippen molar-refractivity contribution in [2.75, 3.05) is 12.9 Å². The lowest BCUT2D eigenvalue weighted by Crippen LogP contribution is -2.27. The summed E-state index contributed by atoms with van der Waals surface area (Å²) >= 11 is 8.82. The summed E-state index contributed by atoms with van der Waals surface area (Å²) in [4.78, 5) is 12.8. The van der Waals surface area contributed by atoms with Crippen molar-refractivity contribution in [1.82, 2.24) is 4.90 Å². The van der Waals surface area contributed by atoms with Crippen LogP contribution in [0.25, 0.3) is 0 Å². The Hall–Kier alpha value is -0.540. The van der Waals surface area contributed by atoms with Crippen LogP contribution < -0.4 is 0 Å². The summed E-state index contributed by atoms with van der Waals surface area (Å²) in [5, 5.41) is 0. The Morgan fingerprint density at radius 2 is 2.29 bits per heavy atom. The molecule has 1 amide bonds. The van der Waals surface area contributed by atoms with Gasteiger partial charge in [-0.1, -0.05) is 28.1 Å². The van der Waals surface area contributed by atoms with E-state index < -0.39 is 0 Å². The number of benzene rings is 1. The van der Waals surface area contributed by atoms with Crippen molar-refractivity contribution in [2.24, 2.45) is 0 Å². The monoisotopic (exact) mass is 275 g/mol. The van der Waals surface area contributed by atoms with E-state index in [1.807, 2.05) is 24.3 Å². The van der Waals surface area contributed by atoms with E-state index in [1.165, 1.54) is 0 Å². The van der Waals surface area contributed by atoms with Crippen molar-refractivity contribution in [3.63, 3.8) is 0 Å². The van der Waals surface area contributed by atoms with Crippen molar-refractivity contribution >= 4 is 33.4 Å². The molecule has 0 saturated carbocycles. The highest BCUT2D eigenvalue weighted by Gasteiger charge is 2.06. The minimum atomic E-state index is -0.0633. The van der Waals surface area contributed by atoms with Gasteiger partial charge in [0.15, 0.2) is 0 Å². The zero-order valence-corrected chi connectivity index (χ0v) is 10.2. The fraction of sp³-hybridized carbons (Fsp3) is 0.300. The largest absolute Gasteiger partial charge is 0.340 e. The van der Waals surface area contributed by atoms with Gasteiger partial charge in [0, 0.05) is 18.1 Å². The first-order valence-corrected chi connectivity index (χ1v) is 5.50. The molecule has 0 N–H and O–H groups in total. The van der Waals surface area contributed by atoms with Gasteiger partial charge in [-0.2, -0.15) is 0 Å². The second-order valence-corrected chi connectivity index (χ2v) is 4.20. The van der Waals surface area contributed by atoms with Gasteiger partial charge in [-0.3, -0.25) is 4.79 Å². The molecule has 0 aliphatic heterocycles. The van der Waals surface area contributed by atoms with Gasteiger partial charge in [-0.05, 0) is 17.7 Å². The summed E-state index contributed by atoms with van der Waals surface area (Å²) < 4.78 is 1.02. The van der Waals surface area contributed by atoms with Crippen molar-refractivity contribution in [3.8, 4) is 0 Å². The van der Waals surface area contributed by atoms with Gasteiger partial charge in [0.1, 0.15) is 5.88 Å². The van der Waals surface area contributed by atoms with E-state index in [9.17, 15) is 4.79 Å². The number of rotatable bonds is 3. The normalized spacial score (nSPS) is 9.93. The summed E-state index contributed by atoms with van der Waals surface area (Å²) in [6.07, 6.45) is 0. The van der Waals surface area contributed by atoms with Gasteiger partial charge < -0.3 is 4.90 Å². The molecule has 14 heavy (non-hydrogen) atoms. The Bertz CT molecular complexity index is 330. The molecule has 0 spiro atoms. The van der Waals surface area contributed by atoms with Gasteiger partial charge in [0.2, 0.25) is 5.91 Å². The molecule has 0 heterocycles. The number of carbonyl (C=O) groups is 1. The van der Waals surface area contributed by atoms with E-state index >= 15 is 0 Å². The first-order chi connectivity index (χ1) is 6.63. The minimum Gasteiger partial charge on any atom is -0.340 e. The molecule has 0 bridgehead atoms. The second kappa shape index (κ2) is 5.37. The number of amides is 1. The summed E-state index contributed by atoms with van der Waals surface area (Å²) in [6.45, 7) is 0.588. The number of alkyl halides is 1. The van der Waals surface area contributed by atoms with Gasteiger partial charge in [-0.15, -0.1) is 11.6 Å². The van der Waals surface area contributed by atoms with Crippen molar-refractivity contribution in [1.29, 1.82) is 0 Å². The van der Waals surface area contributed by atoms with Crippen LogP contribution in [0.15, 0.2) is 28.7 Å². The van der Waals surface area contributed by atoms with E-state index in [0.717, 1.165) is 10.0 Å². The SMILES string of the molecule is CN(Cc1cccc(Br)c1)C(=O)CCl. The summed E-state index contributed by atoms with van der Waals surface area (Å²) in [5.41, 5.74) is 1.08. The third-order valence-electron chi connectivity index (χ3n) is 1.85. The number of hydrogen-bond donors (Lipinski definition) is 0. The fourth-order valence-corrected chi connectivity index (χ4v) is 1.75. The Kier molecular flexibility index (Phi) is 4.42. The van der Waals surface area contributed by atoms with E-state index in [-0.39, 0.29) is 11.8 Å². The van der Waals surface area contributed by atoms with Gasteiger partial charge in [0.25, 0.3) is 0 Å². The van der Waals surface area contributed by atoms with Crippen molar-refractivity contribution in [2.45, 2.75) is 6.54 Å². The molecule has 0 atom stereocenters. The van der Waals surface area contributed by atoms with E-state index in [0.29, 0.717) is 6.54 Å². The highest BCUT2D eigenvalue weighted by molar-refractivity contribution is 9.10. The molecule has 0 saturated heterocycles. The van der Waals surface area contributed by atoms with Crippen LogP contribution in [0.5, 0.6) is 0 Å². The summed E-state index contributed by atoms with van der Waals surface area (Å²) in [6, 6.07) is 7.85. The maximum Gasteiger partial charge on any atom is 0.237 e. The molecule has 1 rings (SSSR count). The van der Waals surface area contributed by atoms with Crippen molar-refractivity contribution in [3.05, 3.63) is 34.3 Å². The smallest absolute Gasteiger partial charge is 0.237 e. The molecule has 0 aromatic heterocycles. The molecule has 2 nitrogen and oxygen atoms in total. The van der Waals surface area contributed by atoms with Crippen LogP contribution >= 0.6 is 27.5 Å². The van der Waals surface area contributed by atoms with Crippen LogP contribution in [0.2, 0.25) is 0 Å². The van der Waals surface area contributed by atoms with Crippen LogP contribution in [-0.4, -0.2) is 23.7 Å². The Morgan fingerprint density at radius 3 is 2.86 bits per heavy atom. The lowest BCUT2D eigenvalue weighted by Gasteiger charge is -2.15. The number of carbonyl (C=O) groups excluding carboxylic acids is 1. The molecule has 0 aliphatic rings. The van der Waals surface area contributed by atoms with Crippen molar-refractivity contribution < 1.29 is 4.79 Å². The Morgan fingerprint density at radius 1 is 1.57 bits per heavy atom. The molecule has 1 aromatic carbocycles.